The van der Waals surface area contributed by atoms with E-state index in [4.69, 9.17) is 26.1 Å². The molecule has 178 valence electrons. The number of urea groups is 1. The molecule has 35 heavy (non-hydrogen) atoms. The van der Waals surface area contributed by atoms with E-state index in [1.165, 1.54) is 12.1 Å². The lowest BCUT2D eigenvalue weighted by Crippen LogP contribution is -2.19. The van der Waals surface area contributed by atoms with Gasteiger partial charge in [-0.25, -0.2) is 19.0 Å². The van der Waals surface area contributed by atoms with Crippen LogP contribution in [0.3, 0.4) is 0 Å². The van der Waals surface area contributed by atoms with Crippen LogP contribution in [0.5, 0.6) is 5.75 Å². The Morgan fingerprint density at radius 2 is 1.69 bits per heavy atom. The summed E-state index contributed by atoms with van der Waals surface area (Å²) in [7, 11) is 0. The molecular weight excluding hydrogens is 473 g/mol. The Kier molecular flexibility index (Phi) is 7.42. The zero-order valence-corrected chi connectivity index (χ0v) is 19.4. The second-order valence-corrected chi connectivity index (χ2v) is 7.81. The highest BCUT2D eigenvalue weighted by Crippen LogP contribution is 2.32. The summed E-state index contributed by atoms with van der Waals surface area (Å²) >= 11 is 5.77. The number of anilines is 2. The van der Waals surface area contributed by atoms with Crippen molar-refractivity contribution in [3.05, 3.63) is 83.6 Å². The minimum absolute atomic E-state index is 0.0998. The first kappa shape index (κ1) is 24.0. The lowest BCUT2D eigenvalue weighted by atomic mass is 10.1. The van der Waals surface area contributed by atoms with E-state index in [0.717, 1.165) is 11.6 Å². The van der Waals surface area contributed by atoms with Gasteiger partial charge in [0.2, 0.25) is 0 Å². The maximum Gasteiger partial charge on any atom is 0.344 e. The number of ether oxygens (including phenoxy) is 2. The predicted molar refractivity (Wildman–Crippen MR) is 133 cm³/mol. The van der Waals surface area contributed by atoms with Crippen LogP contribution in [0.25, 0.3) is 22.2 Å². The van der Waals surface area contributed by atoms with Gasteiger partial charge in [0, 0.05) is 28.4 Å². The number of halogens is 2. The van der Waals surface area contributed by atoms with E-state index in [1.807, 2.05) is 30.3 Å². The first-order valence-corrected chi connectivity index (χ1v) is 11.1. The van der Waals surface area contributed by atoms with Crippen molar-refractivity contribution in [2.45, 2.75) is 6.92 Å². The summed E-state index contributed by atoms with van der Waals surface area (Å²) in [5, 5.41) is 5.80. The molecule has 0 atom stereocenters. The first-order valence-electron chi connectivity index (χ1n) is 10.7. The largest absolute Gasteiger partial charge is 0.481 e. The predicted octanol–water partition coefficient (Wildman–Crippen LogP) is 6.28. The minimum Gasteiger partial charge on any atom is -0.481 e. The normalized spacial score (nSPS) is 10.6. The van der Waals surface area contributed by atoms with Crippen LogP contribution in [0.2, 0.25) is 5.02 Å². The van der Waals surface area contributed by atoms with Crippen molar-refractivity contribution in [3.63, 3.8) is 0 Å². The van der Waals surface area contributed by atoms with E-state index < -0.39 is 17.8 Å². The first-order chi connectivity index (χ1) is 16.9. The summed E-state index contributed by atoms with van der Waals surface area (Å²) in [5.41, 5.74) is 2.96. The van der Waals surface area contributed by atoms with Crippen LogP contribution in [0.15, 0.2) is 72.8 Å². The van der Waals surface area contributed by atoms with Gasteiger partial charge in [0.25, 0.3) is 0 Å². The third-order valence-corrected chi connectivity index (χ3v) is 5.22. The highest BCUT2D eigenvalue weighted by atomic mass is 35.5. The molecule has 0 spiro atoms. The van der Waals surface area contributed by atoms with Crippen molar-refractivity contribution in [2.24, 2.45) is 0 Å². The third kappa shape index (κ3) is 6.04. The number of nitrogens with one attached hydrogen (secondary N) is 2. The third-order valence-electron chi connectivity index (χ3n) is 4.93. The number of nitrogens with zero attached hydrogens (tertiary/aromatic N) is 1. The Morgan fingerprint density at radius 1 is 0.971 bits per heavy atom. The highest BCUT2D eigenvalue weighted by molar-refractivity contribution is 6.31. The molecule has 0 aliphatic heterocycles. The van der Waals surface area contributed by atoms with E-state index in [0.29, 0.717) is 33.7 Å². The number of benzene rings is 3. The van der Waals surface area contributed by atoms with Crippen molar-refractivity contribution in [3.8, 4) is 17.0 Å². The number of esters is 1. The van der Waals surface area contributed by atoms with E-state index in [9.17, 15) is 14.0 Å². The number of carbonyl (C=O) groups excluding carboxylic acids is 2. The van der Waals surface area contributed by atoms with Gasteiger partial charge >= 0.3 is 12.0 Å². The lowest BCUT2D eigenvalue weighted by Gasteiger charge is -2.13. The maximum absolute atomic E-state index is 13.4. The number of amides is 2. The SMILES string of the molecule is CCOC(=O)COc1cc(-c2ccccc2)nc2ccc(NC(=O)Nc3ccc(F)c(Cl)c3)cc12. The van der Waals surface area contributed by atoms with E-state index in [-0.39, 0.29) is 18.2 Å². The van der Waals surface area contributed by atoms with Crippen LogP contribution in [0.1, 0.15) is 6.92 Å². The average Bonchev–Trinajstić information content (AvgIpc) is 2.85. The molecule has 2 amide bonds. The standard InChI is InChI=1S/C26H21ClFN3O4/c1-2-34-25(32)15-35-24-14-23(16-6-4-3-5-7-16)31-22-11-9-17(12-19(22)24)29-26(33)30-18-8-10-21(28)20(27)13-18/h3-14H,2,15H2,1H3,(H2,29,30,33). The van der Waals surface area contributed by atoms with Gasteiger partial charge in [-0.1, -0.05) is 41.9 Å². The number of aromatic nitrogens is 1. The van der Waals surface area contributed by atoms with Gasteiger partial charge in [0.1, 0.15) is 11.6 Å². The molecule has 9 heteroatoms. The van der Waals surface area contributed by atoms with Crippen molar-refractivity contribution in [1.29, 1.82) is 0 Å². The monoisotopic (exact) mass is 493 g/mol. The molecule has 0 saturated carbocycles. The van der Waals surface area contributed by atoms with Crippen molar-refractivity contribution >= 4 is 45.9 Å². The minimum atomic E-state index is -0.579. The number of fused-ring (bicyclic) bond motifs is 1. The molecule has 0 saturated heterocycles. The highest BCUT2D eigenvalue weighted by Gasteiger charge is 2.13. The lowest BCUT2D eigenvalue weighted by molar-refractivity contribution is -0.145. The van der Waals surface area contributed by atoms with Crippen molar-refractivity contribution in [2.75, 3.05) is 23.8 Å². The zero-order valence-electron chi connectivity index (χ0n) is 18.7. The zero-order chi connectivity index (χ0) is 24.8. The molecule has 1 heterocycles. The average molecular weight is 494 g/mol. The van der Waals surface area contributed by atoms with Gasteiger partial charge in [0.05, 0.1) is 22.8 Å². The molecule has 0 aliphatic rings. The fourth-order valence-corrected chi connectivity index (χ4v) is 3.54. The molecule has 0 fully saturated rings. The Hall–Kier alpha value is -4.17. The summed E-state index contributed by atoms with van der Waals surface area (Å²) in [6.07, 6.45) is 0. The van der Waals surface area contributed by atoms with Crippen LogP contribution >= 0.6 is 11.6 Å². The Bertz CT molecular complexity index is 1380. The number of hydrogen-bond donors (Lipinski definition) is 2. The van der Waals surface area contributed by atoms with E-state index in [1.54, 1.807) is 31.2 Å². The van der Waals surface area contributed by atoms with Crippen LogP contribution in [-0.4, -0.2) is 30.2 Å². The van der Waals surface area contributed by atoms with E-state index in [2.05, 4.69) is 10.6 Å². The van der Waals surface area contributed by atoms with Crippen molar-refractivity contribution < 1.29 is 23.5 Å². The van der Waals surface area contributed by atoms with Crippen molar-refractivity contribution in [1.82, 2.24) is 4.98 Å². The number of pyridine rings is 1. The summed E-state index contributed by atoms with van der Waals surface area (Å²) in [6, 6.07) is 19.7. The van der Waals surface area contributed by atoms with E-state index >= 15 is 0 Å². The molecule has 2 N–H and O–H groups in total. The second-order valence-electron chi connectivity index (χ2n) is 7.41. The quantitative estimate of drug-likeness (QED) is 0.296. The Morgan fingerprint density at radius 3 is 2.40 bits per heavy atom. The Balaban J connectivity index is 1.62. The molecule has 0 radical (unpaired) electrons. The van der Waals surface area contributed by atoms with Gasteiger partial charge in [-0.15, -0.1) is 0 Å². The summed E-state index contributed by atoms with van der Waals surface area (Å²) < 4.78 is 24.1. The number of hydrogen-bond acceptors (Lipinski definition) is 5. The van der Waals surface area contributed by atoms with Gasteiger partial charge in [-0.05, 0) is 43.3 Å². The number of carbonyl (C=O) groups is 2. The van der Waals surface area contributed by atoms with Crippen LogP contribution in [-0.2, 0) is 9.53 Å². The molecule has 7 nitrogen and oxygen atoms in total. The molecular formula is C26H21ClFN3O4. The molecule has 1 aromatic heterocycles. The molecule has 4 rings (SSSR count). The molecule has 0 bridgehead atoms. The molecule has 0 unspecified atom stereocenters. The fraction of sp³-hybridized carbons (Fsp3) is 0.115. The topological polar surface area (TPSA) is 89.6 Å². The molecule has 0 aliphatic carbocycles. The molecule has 4 aromatic rings. The van der Waals surface area contributed by atoms with Gasteiger partial charge in [-0.2, -0.15) is 0 Å². The van der Waals surface area contributed by atoms with Crippen LogP contribution in [0.4, 0.5) is 20.6 Å². The smallest absolute Gasteiger partial charge is 0.344 e. The summed E-state index contributed by atoms with van der Waals surface area (Å²) in [4.78, 5) is 29.0. The van der Waals surface area contributed by atoms with Gasteiger partial charge in [0.15, 0.2) is 6.61 Å². The van der Waals surface area contributed by atoms with Gasteiger partial charge < -0.3 is 20.1 Å². The number of rotatable bonds is 7. The van der Waals surface area contributed by atoms with Crippen LogP contribution < -0.4 is 15.4 Å². The summed E-state index contributed by atoms with van der Waals surface area (Å²) in [5.74, 6) is -0.661. The van der Waals surface area contributed by atoms with Gasteiger partial charge in [-0.3, -0.25) is 0 Å². The molecule has 3 aromatic carbocycles. The Labute approximate surface area is 205 Å². The summed E-state index contributed by atoms with van der Waals surface area (Å²) in [6.45, 7) is 1.69. The second kappa shape index (κ2) is 10.8. The fourth-order valence-electron chi connectivity index (χ4n) is 3.36. The van der Waals surface area contributed by atoms with Crippen LogP contribution in [0, 0.1) is 5.82 Å². The maximum atomic E-state index is 13.4.